The third-order valence-electron chi connectivity index (χ3n) is 7.81. The average Bonchev–Trinajstić information content (AvgIpc) is 3.30. The fraction of sp³-hybridized carbons (Fsp3) is 0.577. The van der Waals surface area contributed by atoms with Crippen molar-refractivity contribution in [3.05, 3.63) is 35.5 Å². The number of nitrogens with zero attached hydrogens (tertiary/aromatic N) is 6. The average molecular weight is 495 g/mol. The monoisotopic (exact) mass is 494 g/mol. The molecule has 192 valence electrons. The minimum atomic E-state index is -0.234. The molecule has 5 heterocycles. The van der Waals surface area contributed by atoms with Gasteiger partial charge in [0.05, 0.1) is 57.4 Å². The molecule has 0 spiro atoms. The normalized spacial score (nSPS) is 22.2. The van der Waals surface area contributed by atoms with Gasteiger partial charge in [0.2, 0.25) is 0 Å². The zero-order valence-corrected chi connectivity index (χ0v) is 21.0. The van der Waals surface area contributed by atoms with Gasteiger partial charge in [-0.15, -0.1) is 0 Å². The maximum Gasteiger partial charge on any atom is 0.320 e. The predicted molar refractivity (Wildman–Crippen MR) is 135 cm³/mol. The second kappa shape index (κ2) is 9.93. The molecular formula is C26H34N6O4. The van der Waals surface area contributed by atoms with Crippen LogP contribution in [0.3, 0.4) is 0 Å². The summed E-state index contributed by atoms with van der Waals surface area (Å²) in [5.74, 6) is 1.93. The first kappa shape index (κ1) is 23.6. The fourth-order valence-electron chi connectivity index (χ4n) is 5.64. The lowest BCUT2D eigenvalue weighted by atomic mass is 9.85. The summed E-state index contributed by atoms with van der Waals surface area (Å²) in [4.78, 5) is 13.9. The number of fused-ring (bicyclic) bond motifs is 1. The fourth-order valence-corrected chi connectivity index (χ4v) is 5.64. The molecule has 3 fully saturated rings. The summed E-state index contributed by atoms with van der Waals surface area (Å²) in [5.41, 5.74) is 3.75. The van der Waals surface area contributed by atoms with Crippen molar-refractivity contribution in [1.29, 1.82) is 0 Å². The molecule has 1 N–H and O–H groups in total. The van der Waals surface area contributed by atoms with Crippen LogP contribution >= 0.6 is 0 Å². The van der Waals surface area contributed by atoms with E-state index in [0.29, 0.717) is 37.5 Å². The van der Waals surface area contributed by atoms with Gasteiger partial charge in [-0.3, -0.25) is 4.90 Å². The molecule has 36 heavy (non-hydrogen) atoms. The highest BCUT2D eigenvalue weighted by atomic mass is 16.5. The molecule has 3 aliphatic rings. The largest absolute Gasteiger partial charge is 0.467 e. The van der Waals surface area contributed by atoms with E-state index in [1.165, 1.54) is 11.1 Å². The van der Waals surface area contributed by atoms with Crippen molar-refractivity contribution in [3.63, 3.8) is 0 Å². The van der Waals surface area contributed by atoms with Gasteiger partial charge in [-0.05, 0) is 62.0 Å². The highest BCUT2D eigenvalue weighted by Crippen LogP contribution is 2.34. The Morgan fingerprint density at radius 2 is 1.89 bits per heavy atom. The van der Waals surface area contributed by atoms with Gasteiger partial charge in [-0.1, -0.05) is 0 Å². The summed E-state index contributed by atoms with van der Waals surface area (Å²) in [7, 11) is 1.57. The number of methoxy groups -OCH3 is 1. The zero-order chi connectivity index (χ0) is 24.6. The number of ether oxygens (including phenoxy) is 3. The van der Waals surface area contributed by atoms with E-state index in [4.69, 9.17) is 19.3 Å². The van der Waals surface area contributed by atoms with Gasteiger partial charge in [-0.2, -0.15) is 15.1 Å². The van der Waals surface area contributed by atoms with Crippen LogP contribution in [-0.2, 0) is 9.47 Å². The van der Waals surface area contributed by atoms with Gasteiger partial charge in [0.15, 0.2) is 5.82 Å². The maximum atomic E-state index is 9.56. The molecule has 10 heteroatoms. The van der Waals surface area contributed by atoms with Crippen LogP contribution < -0.4 is 9.64 Å². The highest BCUT2D eigenvalue weighted by molar-refractivity contribution is 5.82. The third-order valence-corrected chi connectivity index (χ3v) is 7.81. The number of benzene rings is 1. The third kappa shape index (κ3) is 4.43. The van der Waals surface area contributed by atoms with Crippen LogP contribution in [0.2, 0.25) is 0 Å². The Morgan fingerprint density at radius 1 is 1.08 bits per heavy atom. The van der Waals surface area contributed by atoms with Crippen molar-refractivity contribution < 1.29 is 19.3 Å². The van der Waals surface area contributed by atoms with Crippen molar-refractivity contribution in [1.82, 2.24) is 24.6 Å². The van der Waals surface area contributed by atoms with E-state index in [-0.39, 0.29) is 18.7 Å². The Morgan fingerprint density at radius 3 is 2.61 bits per heavy atom. The first-order valence-electron chi connectivity index (χ1n) is 12.8. The first-order valence-corrected chi connectivity index (χ1v) is 12.8. The summed E-state index contributed by atoms with van der Waals surface area (Å²) >= 11 is 0. The van der Waals surface area contributed by atoms with E-state index in [2.05, 4.69) is 38.8 Å². The summed E-state index contributed by atoms with van der Waals surface area (Å²) in [5, 5.41) is 15.4. The number of piperidine rings is 1. The van der Waals surface area contributed by atoms with E-state index < -0.39 is 0 Å². The lowest BCUT2D eigenvalue weighted by molar-refractivity contribution is -0.0712. The molecular weight excluding hydrogens is 460 g/mol. The standard InChI is InChI=1S/C26H34N6O4/c1-17-9-19-12-27-32(23(19)10-22(17)18-3-5-30(6-4-18)20-15-35-16-20)25-11-24(28-26(29-25)34-2)31-7-8-36-21(13-31)14-33/h9-12,18,20-21,33H,3-8,13-16H2,1-2H3. The number of aromatic nitrogens is 4. The second-order valence-corrected chi connectivity index (χ2v) is 10.0. The minimum Gasteiger partial charge on any atom is -0.467 e. The number of likely N-dealkylation sites (tertiary alicyclic amines) is 1. The molecule has 0 amide bonds. The van der Waals surface area contributed by atoms with Crippen LogP contribution in [0.15, 0.2) is 24.4 Å². The summed E-state index contributed by atoms with van der Waals surface area (Å²) in [6, 6.07) is 7.38. The van der Waals surface area contributed by atoms with Crippen LogP contribution in [0, 0.1) is 6.92 Å². The lowest BCUT2D eigenvalue weighted by Gasteiger charge is -2.41. The summed E-state index contributed by atoms with van der Waals surface area (Å²) < 4.78 is 18.3. The Kier molecular flexibility index (Phi) is 6.51. The summed E-state index contributed by atoms with van der Waals surface area (Å²) in [6.45, 7) is 7.97. The zero-order valence-electron chi connectivity index (χ0n) is 21.0. The van der Waals surface area contributed by atoms with Crippen molar-refractivity contribution in [2.24, 2.45) is 0 Å². The molecule has 2 aromatic heterocycles. The van der Waals surface area contributed by atoms with Gasteiger partial charge in [0, 0.05) is 24.5 Å². The van der Waals surface area contributed by atoms with Crippen LogP contribution in [-0.4, -0.2) is 102 Å². The molecule has 3 aromatic rings. The van der Waals surface area contributed by atoms with Crippen LogP contribution in [0.1, 0.15) is 29.9 Å². The number of hydrogen-bond acceptors (Lipinski definition) is 9. The number of aliphatic hydroxyl groups is 1. The van der Waals surface area contributed by atoms with Gasteiger partial charge in [-0.25, -0.2) is 4.68 Å². The van der Waals surface area contributed by atoms with Crippen molar-refractivity contribution in [2.75, 3.05) is 64.6 Å². The van der Waals surface area contributed by atoms with E-state index in [1.807, 2.05) is 16.9 Å². The van der Waals surface area contributed by atoms with Crippen LogP contribution in [0.4, 0.5) is 5.82 Å². The van der Waals surface area contributed by atoms with Gasteiger partial charge < -0.3 is 24.2 Å². The molecule has 10 nitrogen and oxygen atoms in total. The van der Waals surface area contributed by atoms with Gasteiger partial charge in [0.25, 0.3) is 0 Å². The Balaban J connectivity index is 1.31. The van der Waals surface area contributed by atoms with E-state index in [1.54, 1.807) is 7.11 Å². The predicted octanol–water partition coefficient (Wildman–Crippen LogP) is 1.91. The first-order chi connectivity index (χ1) is 17.6. The maximum absolute atomic E-state index is 9.56. The lowest BCUT2D eigenvalue weighted by Crippen LogP contribution is -2.51. The van der Waals surface area contributed by atoms with Gasteiger partial charge >= 0.3 is 6.01 Å². The summed E-state index contributed by atoms with van der Waals surface area (Å²) in [6.07, 6.45) is 3.98. The SMILES string of the molecule is COc1nc(N2CCOC(CO)C2)cc(-n2ncc3cc(C)c(C4CCN(C5COC5)CC4)cc32)n1. The number of hydrogen-bond donors (Lipinski definition) is 1. The molecule has 0 saturated carbocycles. The molecule has 0 bridgehead atoms. The molecule has 0 aliphatic carbocycles. The van der Waals surface area contributed by atoms with Crippen molar-refractivity contribution >= 4 is 16.7 Å². The van der Waals surface area contributed by atoms with Crippen molar-refractivity contribution in [2.45, 2.75) is 37.8 Å². The number of aliphatic hydroxyl groups excluding tert-OH is 1. The quantitative estimate of drug-likeness (QED) is 0.551. The Hall–Kier alpha value is -2.79. The molecule has 0 radical (unpaired) electrons. The molecule has 3 saturated heterocycles. The van der Waals surface area contributed by atoms with Gasteiger partial charge in [0.1, 0.15) is 5.82 Å². The van der Waals surface area contributed by atoms with E-state index in [0.717, 1.165) is 55.9 Å². The number of aryl methyl sites for hydroxylation is 1. The molecule has 6 rings (SSSR count). The number of morpholine rings is 1. The van der Waals surface area contributed by atoms with Crippen molar-refractivity contribution in [3.8, 4) is 11.8 Å². The molecule has 1 aromatic carbocycles. The Labute approximate surface area is 210 Å². The molecule has 1 atom stereocenters. The van der Waals surface area contributed by atoms with Crippen LogP contribution in [0.25, 0.3) is 16.7 Å². The smallest absolute Gasteiger partial charge is 0.320 e. The molecule has 1 unspecified atom stereocenters. The van der Waals surface area contributed by atoms with E-state index in [9.17, 15) is 5.11 Å². The number of anilines is 1. The molecule has 3 aliphatic heterocycles. The van der Waals surface area contributed by atoms with E-state index >= 15 is 0 Å². The second-order valence-electron chi connectivity index (χ2n) is 10.0. The van der Waals surface area contributed by atoms with Crippen LogP contribution in [0.5, 0.6) is 6.01 Å². The minimum absolute atomic E-state index is 0.0230. The topological polar surface area (TPSA) is 98.0 Å². The Bertz CT molecular complexity index is 1220. The highest BCUT2D eigenvalue weighted by Gasteiger charge is 2.31. The number of rotatable bonds is 6.